The maximum atomic E-state index is 11.8. The van der Waals surface area contributed by atoms with Crippen molar-refractivity contribution in [1.82, 2.24) is 0 Å². The van der Waals surface area contributed by atoms with Crippen molar-refractivity contribution < 1.29 is 23.9 Å². The van der Waals surface area contributed by atoms with Crippen LogP contribution >= 0.6 is 12.4 Å². The van der Waals surface area contributed by atoms with Crippen LogP contribution in [0.5, 0.6) is 0 Å². The smallest absolute Gasteiger partial charge is 0.323 e. The molecule has 0 fully saturated rings. The third-order valence-corrected chi connectivity index (χ3v) is 2.46. The number of quaternary nitrogens is 1. The summed E-state index contributed by atoms with van der Waals surface area (Å²) in [6, 6.07) is -0.691. The van der Waals surface area contributed by atoms with Crippen LogP contribution < -0.4 is 5.73 Å². The van der Waals surface area contributed by atoms with Crippen molar-refractivity contribution in [2.75, 3.05) is 27.7 Å². The lowest BCUT2D eigenvalue weighted by Crippen LogP contribution is -2.45. The lowest BCUT2D eigenvalue weighted by Gasteiger charge is -2.29. The molecule has 7 heteroatoms. The molecule has 0 radical (unpaired) electrons. The maximum absolute atomic E-state index is 11.8. The van der Waals surface area contributed by atoms with Crippen LogP contribution in [0.3, 0.4) is 0 Å². The number of nitrogens with zero attached hydrogens (tertiary/aromatic N) is 1. The Balaban J connectivity index is 0. The van der Waals surface area contributed by atoms with Gasteiger partial charge in [0.1, 0.15) is 12.6 Å². The molecule has 2 atom stereocenters. The number of esters is 1. The molecule has 20 heavy (non-hydrogen) atoms. The summed E-state index contributed by atoms with van der Waals surface area (Å²) in [5.74, 6) is -1.21. The Kier molecular flexibility index (Phi) is 9.82. The molecule has 0 aromatic carbocycles. The minimum Gasteiger partial charge on any atom is -0.481 e. The topological polar surface area (TPSA) is 89.6 Å². The van der Waals surface area contributed by atoms with E-state index >= 15 is 0 Å². The van der Waals surface area contributed by atoms with E-state index in [1.54, 1.807) is 0 Å². The number of hydrogen-bond donors (Lipinski definition) is 2. The molecular formula is C13H28ClN2O4+. The van der Waals surface area contributed by atoms with Crippen molar-refractivity contribution in [2.45, 2.75) is 38.8 Å². The number of aliphatic carboxylic acids is 1. The number of halogens is 1. The van der Waals surface area contributed by atoms with Gasteiger partial charge in [-0.3, -0.25) is 9.59 Å². The first-order valence-electron chi connectivity index (χ1n) is 6.49. The Hall–Kier alpha value is -0.850. The lowest BCUT2D eigenvalue weighted by atomic mass is 10.0. The zero-order valence-electron chi connectivity index (χ0n) is 13.0. The molecule has 3 N–H and O–H groups in total. The third-order valence-electron chi connectivity index (χ3n) is 2.46. The van der Waals surface area contributed by atoms with Gasteiger partial charge in [-0.25, -0.2) is 0 Å². The Morgan fingerprint density at radius 3 is 2.10 bits per heavy atom. The molecule has 0 bridgehead atoms. The van der Waals surface area contributed by atoms with Gasteiger partial charge in [-0.05, 0) is 12.3 Å². The number of ether oxygens (including phenoxy) is 1. The first-order valence-corrected chi connectivity index (χ1v) is 6.49. The summed E-state index contributed by atoms with van der Waals surface area (Å²) in [4.78, 5) is 22.6. The Labute approximate surface area is 127 Å². The summed E-state index contributed by atoms with van der Waals surface area (Å²) in [5, 5.41) is 8.85. The van der Waals surface area contributed by atoms with Gasteiger partial charge in [-0.15, -0.1) is 12.4 Å². The monoisotopic (exact) mass is 311 g/mol. The molecule has 0 amide bonds. The van der Waals surface area contributed by atoms with Crippen LogP contribution in [0.15, 0.2) is 0 Å². The zero-order valence-corrected chi connectivity index (χ0v) is 13.8. The van der Waals surface area contributed by atoms with Crippen molar-refractivity contribution in [1.29, 1.82) is 0 Å². The number of nitrogens with two attached hydrogens (primary N) is 1. The molecule has 0 aromatic rings. The van der Waals surface area contributed by atoms with Crippen LogP contribution in [-0.4, -0.2) is 61.4 Å². The van der Waals surface area contributed by atoms with Gasteiger partial charge < -0.3 is 20.1 Å². The molecule has 0 aromatic heterocycles. The van der Waals surface area contributed by atoms with Crippen LogP contribution in [0.2, 0.25) is 0 Å². The standard InChI is InChI=1S/C13H26N2O4.ClH/c1-9(2)6-11(14)13(18)19-10(7-12(16)17)8-15(3,4)5;/h9-11H,6-8,14H2,1-5H3;1H/p+1/t10-,11-;/m0./s1. The van der Waals surface area contributed by atoms with Crippen molar-refractivity contribution >= 4 is 24.3 Å². The van der Waals surface area contributed by atoms with Crippen molar-refractivity contribution in [3.63, 3.8) is 0 Å². The van der Waals surface area contributed by atoms with Crippen LogP contribution in [-0.2, 0) is 14.3 Å². The molecule has 120 valence electrons. The first kappa shape index (κ1) is 21.4. The Bertz CT molecular complexity index is 316. The van der Waals surface area contributed by atoms with Gasteiger partial charge in [0.25, 0.3) is 0 Å². The highest BCUT2D eigenvalue weighted by atomic mass is 35.5. The average Bonchev–Trinajstić information content (AvgIpc) is 2.11. The minimum absolute atomic E-state index is 0. The van der Waals surface area contributed by atoms with E-state index in [0.29, 0.717) is 23.4 Å². The molecule has 0 heterocycles. The van der Waals surface area contributed by atoms with E-state index in [9.17, 15) is 9.59 Å². The molecule has 0 aliphatic heterocycles. The van der Waals surface area contributed by atoms with Crippen molar-refractivity contribution in [3.8, 4) is 0 Å². The molecule has 6 nitrogen and oxygen atoms in total. The van der Waals surface area contributed by atoms with Gasteiger partial charge in [0.15, 0.2) is 6.10 Å². The number of rotatable bonds is 8. The van der Waals surface area contributed by atoms with E-state index in [2.05, 4.69) is 0 Å². The SMILES string of the molecule is CC(C)C[C@H](N)C(=O)O[C@@H](CC(=O)O)C[N+](C)(C)C.Cl. The fourth-order valence-electron chi connectivity index (χ4n) is 1.80. The summed E-state index contributed by atoms with van der Waals surface area (Å²) < 4.78 is 5.76. The van der Waals surface area contributed by atoms with Crippen LogP contribution in [0.25, 0.3) is 0 Å². The largest absolute Gasteiger partial charge is 0.481 e. The molecule has 0 saturated heterocycles. The van der Waals surface area contributed by atoms with E-state index in [1.807, 2.05) is 35.0 Å². The van der Waals surface area contributed by atoms with Gasteiger partial charge in [-0.2, -0.15) is 0 Å². The number of hydrogen-bond acceptors (Lipinski definition) is 4. The summed E-state index contributed by atoms with van der Waals surface area (Å²) in [7, 11) is 5.74. The fourth-order valence-corrected chi connectivity index (χ4v) is 1.80. The zero-order chi connectivity index (χ0) is 15.2. The minimum atomic E-state index is -0.983. The van der Waals surface area contributed by atoms with Crippen LogP contribution in [0.4, 0.5) is 0 Å². The van der Waals surface area contributed by atoms with E-state index < -0.39 is 24.1 Å². The highest BCUT2D eigenvalue weighted by Crippen LogP contribution is 2.09. The van der Waals surface area contributed by atoms with Gasteiger partial charge in [0.05, 0.1) is 27.6 Å². The van der Waals surface area contributed by atoms with E-state index in [0.717, 1.165) is 0 Å². The molecule has 0 unspecified atom stereocenters. The van der Waals surface area contributed by atoms with Crippen molar-refractivity contribution in [3.05, 3.63) is 0 Å². The van der Waals surface area contributed by atoms with Gasteiger partial charge in [0.2, 0.25) is 0 Å². The second-order valence-corrected chi connectivity index (χ2v) is 6.37. The molecule has 0 spiro atoms. The predicted molar refractivity (Wildman–Crippen MR) is 79.7 cm³/mol. The third kappa shape index (κ3) is 11.0. The second-order valence-electron chi connectivity index (χ2n) is 6.37. The number of carbonyl (C=O) groups is 2. The number of carbonyl (C=O) groups excluding carboxylic acids is 1. The maximum Gasteiger partial charge on any atom is 0.323 e. The first-order chi connectivity index (χ1) is 8.51. The molecule has 0 aliphatic carbocycles. The number of carboxylic acids is 1. The number of likely N-dealkylation sites (N-methyl/N-ethyl adjacent to an activating group) is 1. The Morgan fingerprint density at radius 1 is 1.25 bits per heavy atom. The van der Waals surface area contributed by atoms with Crippen LogP contribution in [0, 0.1) is 5.92 Å². The fraction of sp³-hybridized carbons (Fsp3) is 0.846. The van der Waals surface area contributed by atoms with Gasteiger partial charge >= 0.3 is 11.9 Å². The molecule has 0 saturated carbocycles. The number of carboxylic acid groups (broad SMARTS) is 1. The second kappa shape index (κ2) is 9.15. The summed E-state index contributed by atoms with van der Waals surface area (Å²) >= 11 is 0. The summed E-state index contributed by atoms with van der Waals surface area (Å²) in [5.41, 5.74) is 5.73. The predicted octanol–water partition coefficient (Wildman–Crippen LogP) is 0.874. The molecule has 0 aliphatic rings. The molecular weight excluding hydrogens is 284 g/mol. The van der Waals surface area contributed by atoms with E-state index in [4.69, 9.17) is 15.6 Å². The molecule has 0 rings (SSSR count). The highest BCUT2D eigenvalue weighted by molar-refractivity contribution is 5.85. The summed E-state index contributed by atoms with van der Waals surface area (Å²) in [6.07, 6.45) is -0.318. The Morgan fingerprint density at radius 2 is 1.75 bits per heavy atom. The van der Waals surface area contributed by atoms with E-state index in [-0.39, 0.29) is 18.8 Å². The van der Waals surface area contributed by atoms with Crippen LogP contribution in [0.1, 0.15) is 26.7 Å². The van der Waals surface area contributed by atoms with Crippen molar-refractivity contribution in [2.24, 2.45) is 11.7 Å². The quantitative estimate of drug-likeness (QED) is 0.513. The lowest BCUT2D eigenvalue weighted by molar-refractivity contribution is -0.873. The van der Waals surface area contributed by atoms with Gasteiger partial charge in [0, 0.05) is 0 Å². The normalized spacial score (nSPS) is 14.3. The van der Waals surface area contributed by atoms with E-state index in [1.165, 1.54) is 0 Å². The summed E-state index contributed by atoms with van der Waals surface area (Å²) in [6.45, 7) is 4.37. The van der Waals surface area contributed by atoms with Gasteiger partial charge in [-0.1, -0.05) is 13.8 Å². The highest BCUT2D eigenvalue weighted by Gasteiger charge is 2.27. The average molecular weight is 312 g/mol.